The van der Waals surface area contributed by atoms with Gasteiger partial charge in [-0.05, 0) is 43.4 Å². The Balaban J connectivity index is 2.13. The molecule has 1 fully saturated rings. The maximum absolute atomic E-state index is 13.7. The highest BCUT2D eigenvalue weighted by atomic mass is 32.2. The van der Waals surface area contributed by atoms with Gasteiger partial charge in [0.05, 0.1) is 4.90 Å². The molecule has 1 heterocycles. The number of nitrogens with one attached hydrogen (secondary N) is 1. The second-order valence-electron chi connectivity index (χ2n) is 5.33. The Kier molecular flexibility index (Phi) is 5.32. The fourth-order valence-corrected chi connectivity index (χ4v) is 3.62. The molecule has 1 aromatic rings. The van der Waals surface area contributed by atoms with Gasteiger partial charge in [-0.2, -0.15) is 0 Å². The standard InChI is InChI=1S/C14H21FN2O3S/c1-10-6-13(7-12(8-16)14(10)15)21(18,19)17-9-11-2-4-20-5-3-11/h6-7,11,17H,2-5,8-9,16H2,1H3. The molecule has 118 valence electrons. The molecule has 0 aromatic heterocycles. The Bertz CT molecular complexity index is 598. The SMILES string of the molecule is Cc1cc(S(=O)(=O)NCC2CCOCC2)cc(CN)c1F. The molecule has 0 spiro atoms. The number of hydrogen-bond acceptors (Lipinski definition) is 4. The van der Waals surface area contributed by atoms with Gasteiger partial charge >= 0.3 is 0 Å². The number of rotatable bonds is 5. The van der Waals surface area contributed by atoms with Crippen molar-refractivity contribution < 1.29 is 17.5 Å². The number of nitrogens with two attached hydrogens (primary N) is 1. The summed E-state index contributed by atoms with van der Waals surface area (Å²) in [4.78, 5) is 0.0638. The van der Waals surface area contributed by atoms with E-state index in [-0.39, 0.29) is 28.5 Å². The number of hydrogen-bond donors (Lipinski definition) is 2. The topological polar surface area (TPSA) is 81.4 Å². The molecule has 0 aliphatic carbocycles. The number of ether oxygens (including phenoxy) is 1. The quantitative estimate of drug-likeness (QED) is 0.858. The van der Waals surface area contributed by atoms with Crippen molar-refractivity contribution in [1.29, 1.82) is 0 Å². The van der Waals surface area contributed by atoms with Crippen LogP contribution in [-0.2, 0) is 21.3 Å². The van der Waals surface area contributed by atoms with Crippen LogP contribution in [0.15, 0.2) is 17.0 Å². The van der Waals surface area contributed by atoms with Crippen molar-refractivity contribution >= 4 is 10.0 Å². The van der Waals surface area contributed by atoms with Crippen LogP contribution in [0.5, 0.6) is 0 Å². The third-order valence-electron chi connectivity index (χ3n) is 3.74. The van der Waals surface area contributed by atoms with Crippen LogP contribution in [0, 0.1) is 18.7 Å². The minimum atomic E-state index is -3.64. The molecule has 0 bridgehead atoms. The molecular weight excluding hydrogens is 295 g/mol. The lowest BCUT2D eigenvalue weighted by atomic mass is 10.0. The molecular formula is C14H21FN2O3S. The summed E-state index contributed by atoms with van der Waals surface area (Å²) in [6.45, 7) is 3.21. The van der Waals surface area contributed by atoms with Gasteiger partial charge in [-0.3, -0.25) is 0 Å². The Morgan fingerprint density at radius 3 is 2.67 bits per heavy atom. The first-order chi connectivity index (χ1) is 9.94. The van der Waals surface area contributed by atoms with Crippen LogP contribution in [0.25, 0.3) is 0 Å². The first-order valence-corrected chi connectivity index (χ1v) is 8.49. The molecule has 0 unspecified atom stereocenters. The van der Waals surface area contributed by atoms with E-state index in [0.29, 0.717) is 19.8 Å². The fourth-order valence-electron chi connectivity index (χ4n) is 2.37. The molecule has 7 heteroatoms. The van der Waals surface area contributed by atoms with Crippen molar-refractivity contribution in [2.24, 2.45) is 11.7 Å². The lowest BCUT2D eigenvalue weighted by molar-refractivity contribution is 0.0678. The van der Waals surface area contributed by atoms with Crippen LogP contribution in [-0.4, -0.2) is 28.2 Å². The van der Waals surface area contributed by atoms with Crippen molar-refractivity contribution in [2.75, 3.05) is 19.8 Å². The van der Waals surface area contributed by atoms with E-state index in [0.717, 1.165) is 12.8 Å². The third kappa shape index (κ3) is 4.00. The summed E-state index contributed by atoms with van der Waals surface area (Å²) in [6.07, 6.45) is 1.69. The van der Waals surface area contributed by atoms with E-state index in [2.05, 4.69) is 4.72 Å². The van der Waals surface area contributed by atoms with Gasteiger partial charge < -0.3 is 10.5 Å². The maximum Gasteiger partial charge on any atom is 0.240 e. The van der Waals surface area contributed by atoms with E-state index in [4.69, 9.17) is 10.5 Å². The van der Waals surface area contributed by atoms with Crippen LogP contribution in [0.2, 0.25) is 0 Å². The smallest absolute Gasteiger partial charge is 0.240 e. The number of sulfonamides is 1. The zero-order valence-electron chi connectivity index (χ0n) is 12.1. The molecule has 3 N–H and O–H groups in total. The van der Waals surface area contributed by atoms with E-state index >= 15 is 0 Å². The van der Waals surface area contributed by atoms with E-state index in [1.807, 2.05) is 0 Å². The monoisotopic (exact) mass is 316 g/mol. The molecule has 0 amide bonds. The minimum Gasteiger partial charge on any atom is -0.381 e. The summed E-state index contributed by atoms with van der Waals surface area (Å²) >= 11 is 0. The summed E-state index contributed by atoms with van der Waals surface area (Å²) in [5, 5.41) is 0. The van der Waals surface area contributed by atoms with Crippen molar-refractivity contribution in [3.63, 3.8) is 0 Å². The first-order valence-electron chi connectivity index (χ1n) is 7.00. The normalized spacial score (nSPS) is 17.1. The largest absolute Gasteiger partial charge is 0.381 e. The van der Waals surface area contributed by atoms with Gasteiger partial charge in [0.15, 0.2) is 0 Å². The molecule has 1 aromatic carbocycles. The van der Waals surface area contributed by atoms with Gasteiger partial charge in [0.25, 0.3) is 0 Å². The first kappa shape index (κ1) is 16.4. The van der Waals surface area contributed by atoms with Gasteiger partial charge in [-0.25, -0.2) is 17.5 Å². The number of aryl methyl sites for hydroxylation is 1. The second-order valence-corrected chi connectivity index (χ2v) is 7.09. The van der Waals surface area contributed by atoms with Crippen LogP contribution in [0.3, 0.4) is 0 Å². The Hall–Kier alpha value is -1.02. The average Bonchev–Trinajstić information content (AvgIpc) is 2.49. The molecule has 0 radical (unpaired) electrons. The Morgan fingerprint density at radius 2 is 2.05 bits per heavy atom. The van der Waals surface area contributed by atoms with Crippen molar-refractivity contribution in [3.8, 4) is 0 Å². The van der Waals surface area contributed by atoms with E-state index in [1.165, 1.54) is 19.1 Å². The predicted octanol–water partition coefficient (Wildman–Crippen LogP) is 1.30. The highest BCUT2D eigenvalue weighted by molar-refractivity contribution is 7.89. The summed E-state index contributed by atoms with van der Waals surface area (Å²) in [5.74, 6) is -0.162. The van der Waals surface area contributed by atoms with E-state index in [1.54, 1.807) is 0 Å². The third-order valence-corrected chi connectivity index (χ3v) is 5.14. The minimum absolute atomic E-state index is 0.0317. The van der Waals surface area contributed by atoms with Gasteiger partial charge in [0.1, 0.15) is 5.82 Å². The van der Waals surface area contributed by atoms with E-state index < -0.39 is 15.8 Å². The molecule has 5 nitrogen and oxygen atoms in total. The molecule has 1 saturated heterocycles. The van der Waals surface area contributed by atoms with Crippen LogP contribution < -0.4 is 10.5 Å². The zero-order chi connectivity index (χ0) is 15.5. The number of benzene rings is 1. The summed E-state index contributed by atoms with van der Waals surface area (Å²) in [7, 11) is -3.64. The highest BCUT2D eigenvalue weighted by Crippen LogP contribution is 2.20. The fraction of sp³-hybridized carbons (Fsp3) is 0.571. The lowest BCUT2D eigenvalue weighted by Crippen LogP contribution is -2.32. The van der Waals surface area contributed by atoms with Crippen molar-refractivity contribution in [2.45, 2.75) is 31.2 Å². The molecule has 2 rings (SSSR count). The number of halogens is 1. The van der Waals surface area contributed by atoms with Gasteiger partial charge in [0, 0.05) is 31.9 Å². The van der Waals surface area contributed by atoms with Crippen molar-refractivity contribution in [3.05, 3.63) is 29.1 Å². The summed E-state index contributed by atoms with van der Waals surface area (Å²) in [6, 6.07) is 2.63. The van der Waals surface area contributed by atoms with Crippen molar-refractivity contribution in [1.82, 2.24) is 4.72 Å². The second kappa shape index (κ2) is 6.83. The van der Waals surface area contributed by atoms with Crippen LogP contribution in [0.1, 0.15) is 24.0 Å². The average molecular weight is 316 g/mol. The molecule has 0 saturated carbocycles. The van der Waals surface area contributed by atoms with Gasteiger partial charge in [0.2, 0.25) is 10.0 Å². The molecule has 21 heavy (non-hydrogen) atoms. The summed E-state index contributed by atoms with van der Waals surface area (Å²) in [5.41, 5.74) is 5.94. The highest BCUT2D eigenvalue weighted by Gasteiger charge is 2.21. The van der Waals surface area contributed by atoms with Gasteiger partial charge in [-0.1, -0.05) is 0 Å². The molecule has 1 aliphatic rings. The summed E-state index contributed by atoms with van der Waals surface area (Å²) < 4.78 is 46.2. The van der Waals surface area contributed by atoms with Gasteiger partial charge in [-0.15, -0.1) is 0 Å². The van der Waals surface area contributed by atoms with Crippen LogP contribution >= 0.6 is 0 Å². The Labute approximate surface area is 124 Å². The van der Waals surface area contributed by atoms with Crippen LogP contribution in [0.4, 0.5) is 4.39 Å². The molecule has 1 aliphatic heterocycles. The maximum atomic E-state index is 13.7. The predicted molar refractivity (Wildman–Crippen MR) is 77.8 cm³/mol. The zero-order valence-corrected chi connectivity index (χ0v) is 12.9. The lowest BCUT2D eigenvalue weighted by Gasteiger charge is -2.22. The van der Waals surface area contributed by atoms with E-state index in [9.17, 15) is 12.8 Å². The Morgan fingerprint density at radius 1 is 1.38 bits per heavy atom. The molecule has 0 atom stereocenters.